The van der Waals surface area contributed by atoms with Crippen LogP contribution in [0.3, 0.4) is 0 Å². The van der Waals surface area contributed by atoms with Crippen molar-refractivity contribution in [1.29, 1.82) is 0 Å². The molecule has 0 bridgehead atoms. The Balaban J connectivity index is 2.02. The van der Waals surface area contributed by atoms with Crippen LogP contribution in [0.25, 0.3) is 0 Å². The second-order valence-corrected chi connectivity index (χ2v) is 5.53. The number of nitrogen functional groups attached to an aromatic ring is 1. The maximum Gasteiger partial charge on any atom is 0.324 e. The summed E-state index contributed by atoms with van der Waals surface area (Å²) in [6, 6.07) is 0.440. The minimum absolute atomic E-state index is 0.0330. The number of nitrogens with one attached hydrogen (secondary N) is 1. The van der Waals surface area contributed by atoms with E-state index in [9.17, 15) is 0 Å². The van der Waals surface area contributed by atoms with Gasteiger partial charge in [0.05, 0.1) is 12.7 Å². The van der Waals surface area contributed by atoms with E-state index >= 15 is 0 Å². The SMILES string of the molecule is CC(C)Oc1nc(NN)nc(OCC2CC=CCC2C)n1. The van der Waals surface area contributed by atoms with E-state index in [4.69, 9.17) is 15.3 Å². The van der Waals surface area contributed by atoms with Crippen molar-refractivity contribution >= 4 is 5.95 Å². The minimum Gasteiger partial charge on any atom is -0.463 e. The summed E-state index contributed by atoms with van der Waals surface area (Å²) < 4.78 is 11.2. The van der Waals surface area contributed by atoms with E-state index in [1.807, 2.05) is 13.8 Å². The van der Waals surface area contributed by atoms with Gasteiger partial charge in [-0.1, -0.05) is 19.1 Å². The molecule has 0 aromatic carbocycles. The molecular weight excluding hydrogens is 270 g/mol. The van der Waals surface area contributed by atoms with Gasteiger partial charge in [-0.25, -0.2) is 5.84 Å². The quantitative estimate of drug-likeness (QED) is 0.470. The fourth-order valence-corrected chi connectivity index (χ4v) is 2.15. The van der Waals surface area contributed by atoms with Gasteiger partial charge in [0.25, 0.3) is 0 Å². The first-order chi connectivity index (χ1) is 10.1. The first-order valence-corrected chi connectivity index (χ1v) is 7.25. The Morgan fingerprint density at radius 3 is 2.62 bits per heavy atom. The summed E-state index contributed by atoms with van der Waals surface area (Å²) in [4.78, 5) is 12.3. The largest absolute Gasteiger partial charge is 0.463 e. The molecule has 21 heavy (non-hydrogen) atoms. The highest BCUT2D eigenvalue weighted by Crippen LogP contribution is 2.25. The lowest BCUT2D eigenvalue weighted by Gasteiger charge is -2.24. The maximum absolute atomic E-state index is 5.71. The Hall–Kier alpha value is -1.89. The first-order valence-electron chi connectivity index (χ1n) is 7.25. The summed E-state index contributed by atoms with van der Waals surface area (Å²) >= 11 is 0. The van der Waals surface area contributed by atoms with E-state index < -0.39 is 0 Å². The van der Waals surface area contributed by atoms with Crippen LogP contribution in [-0.4, -0.2) is 27.7 Å². The highest BCUT2D eigenvalue weighted by molar-refractivity contribution is 5.25. The number of nitrogens with two attached hydrogens (primary N) is 1. The molecule has 2 atom stereocenters. The van der Waals surface area contributed by atoms with Crippen LogP contribution in [0.15, 0.2) is 12.2 Å². The standard InChI is InChI=1S/C14H23N5O2/c1-9(2)21-14-17-12(19-15)16-13(18-14)20-8-11-7-5-4-6-10(11)3/h4-5,9-11H,6-8,15H2,1-3H3,(H,16,17,18,19). The normalized spacial score (nSPS) is 21.4. The summed E-state index contributed by atoms with van der Waals surface area (Å²) in [5.74, 6) is 6.65. The van der Waals surface area contributed by atoms with Crippen molar-refractivity contribution < 1.29 is 9.47 Å². The van der Waals surface area contributed by atoms with Crippen LogP contribution >= 0.6 is 0 Å². The lowest BCUT2D eigenvalue weighted by molar-refractivity contribution is 0.178. The number of nitrogens with zero attached hydrogens (tertiary/aromatic N) is 3. The van der Waals surface area contributed by atoms with Crippen molar-refractivity contribution in [2.24, 2.45) is 17.7 Å². The number of hydrogen-bond donors (Lipinski definition) is 2. The predicted molar refractivity (Wildman–Crippen MR) is 79.9 cm³/mol. The van der Waals surface area contributed by atoms with Gasteiger partial charge in [-0.2, -0.15) is 9.97 Å². The predicted octanol–water partition coefficient (Wildman–Crippen LogP) is 1.93. The van der Waals surface area contributed by atoms with Crippen molar-refractivity contribution in [3.63, 3.8) is 0 Å². The third-order valence-corrected chi connectivity index (χ3v) is 3.41. The summed E-state index contributed by atoms with van der Waals surface area (Å²) in [5.41, 5.74) is 2.39. The fraction of sp³-hybridized carbons (Fsp3) is 0.643. The molecule has 0 fully saturated rings. The number of hydrazine groups is 1. The van der Waals surface area contributed by atoms with Crippen LogP contribution in [0.2, 0.25) is 0 Å². The van der Waals surface area contributed by atoms with Crippen LogP contribution in [0.4, 0.5) is 5.95 Å². The number of aromatic nitrogens is 3. The number of anilines is 1. The van der Waals surface area contributed by atoms with Crippen molar-refractivity contribution in [3.05, 3.63) is 12.2 Å². The fourth-order valence-electron chi connectivity index (χ4n) is 2.15. The lowest BCUT2D eigenvalue weighted by Crippen LogP contribution is -2.22. The second-order valence-electron chi connectivity index (χ2n) is 5.53. The lowest BCUT2D eigenvalue weighted by atomic mass is 9.85. The summed E-state index contributed by atoms with van der Waals surface area (Å²) in [6.07, 6.45) is 6.48. The molecule has 2 rings (SSSR count). The smallest absolute Gasteiger partial charge is 0.324 e. The molecule has 1 aromatic rings. The molecule has 0 amide bonds. The van der Waals surface area contributed by atoms with Crippen LogP contribution in [-0.2, 0) is 0 Å². The maximum atomic E-state index is 5.71. The first kappa shape index (κ1) is 15.5. The molecule has 2 unspecified atom stereocenters. The van der Waals surface area contributed by atoms with Crippen molar-refractivity contribution in [1.82, 2.24) is 15.0 Å². The summed E-state index contributed by atoms with van der Waals surface area (Å²) in [6.45, 7) is 6.59. The van der Waals surface area contributed by atoms with Gasteiger partial charge >= 0.3 is 12.0 Å². The highest BCUT2D eigenvalue weighted by Gasteiger charge is 2.20. The molecule has 1 aliphatic carbocycles. The van der Waals surface area contributed by atoms with E-state index in [1.165, 1.54) is 0 Å². The van der Waals surface area contributed by atoms with Gasteiger partial charge in [-0.3, -0.25) is 5.43 Å². The summed E-state index contributed by atoms with van der Waals surface area (Å²) in [5, 5.41) is 0. The van der Waals surface area contributed by atoms with Crippen LogP contribution in [0.5, 0.6) is 12.0 Å². The van der Waals surface area contributed by atoms with E-state index in [1.54, 1.807) is 0 Å². The van der Waals surface area contributed by atoms with Gasteiger partial charge in [0.2, 0.25) is 5.95 Å². The van der Waals surface area contributed by atoms with Crippen LogP contribution < -0.4 is 20.7 Å². The van der Waals surface area contributed by atoms with E-state index in [2.05, 4.69) is 39.5 Å². The zero-order valence-corrected chi connectivity index (χ0v) is 12.7. The van der Waals surface area contributed by atoms with Gasteiger partial charge in [0, 0.05) is 0 Å². The molecule has 1 aliphatic rings. The molecule has 116 valence electrons. The van der Waals surface area contributed by atoms with Gasteiger partial charge in [0.1, 0.15) is 0 Å². The van der Waals surface area contributed by atoms with Gasteiger partial charge < -0.3 is 9.47 Å². The number of hydrogen-bond acceptors (Lipinski definition) is 7. The molecule has 0 radical (unpaired) electrons. The molecule has 3 N–H and O–H groups in total. The molecule has 1 aromatic heterocycles. The van der Waals surface area contributed by atoms with E-state index in [-0.39, 0.29) is 24.1 Å². The molecule has 0 saturated carbocycles. The van der Waals surface area contributed by atoms with Crippen molar-refractivity contribution in [2.75, 3.05) is 12.0 Å². The van der Waals surface area contributed by atoms with Gasteiger partial charge in [-0.15, -0.1) is 4.98 Å². The number of rotatable bonds is 6. The Labute approximate surface area is 124 Å². The molecule has 7 nitrogen and oxygen atoms in total. The minimum atomic E-state index is -0.0330. The Morgan fingerprint density at radius 2 is 1.95 bits per heavy atom. The van der Waals surface area contributed by atoms with Crippen LogP contribution in [0.1, 0.15) is 33.6 Å². The Morgan fingerprint density at radius 1 is 1.24 bits per heavy atom. The van der Waals surface area contributed by atoms with E-state index in [0.29, 0.717) is 18.4 Å². The van der Waals surface area contributed by atoms with Crippen molar-refractivity contribution in [3.8, 4) is 12.0 Å². The van der Waals surface area contributed by atoms with Crippen LogP contribution in [0, 0.1) is 11.8 Å². The Bertz CT molecular complexity index is 492. The summed E-state index contributed by atoms with van der Waals surface area (Å²) in [7, 11) is 0. The Kier molecular flexibility index (Phi) is 5.32. The molecule has 0 saturated heterocycles. The van der Waals surface area contributed by atoms with Crippen molar-refractivity contribution in [2.45, 2.75) is 39.7 Å². The third kappa shape index (κ3) is 4.56. The molecule has 0 spiro atoms. The average molecular weight is 293 g/mol. The topological polar surface area (TPSA) is 95.2 Å². The monoisotopic (exact) mass is 293 g/mol. The van der Waals surface area contributed by atoms with E-state index in [0.717, 1.165) is 12.8 Å². The second kappa shape index (κ2) is 7.21. The molecule has 1 heterocycles. The zero-order chi connectivity index (χ0) is 15.2. The average Bonchev–Trinajstić information content (AvgIpc) is 2.45. The molecule has 0 aliphatic heterocycles. The molecular formula is C14H23N5O2. The molecule has 7 heteroatoms. The number of ether oxygens (including phenoxy) is 2. The third-order valence-electron chi connectivity index (χ3n) is 3.41. The van der Waals surface area contributed by atoms with Gasteiger partial charge in [-0.05, 0) is 38.5 Å². The zero-order valence-electron chi connectivity index (χ0n) is 12.7. The number of allylic oxidation sites excluding steroid dienone is 2. The van der Waals surface area contributed by atoms with Gasteiger partial charge in [0.15, 0.2) is 0 Å². The highest BCUT2D eigenvalue weighted by atomic mass is 16.5.